The van der Waals surface area contributed by atoms with Gasteiger partial charge in [0.25, 0.3) is 0 Å². The number of benzene rings is 2. The van der Waals surface area contributed by atoms with E-state index in [2.05, 4.69) is 25.2 Å². The smallest absolute Gasteiger partial charge is 0.235 e. The number of amides is 1. The molecule has 7 nitrogen and oxygen atoms in total. The van der Waals surface area contributed by atoms with E-state index in [4.69, 9.17) is 4.74 Å². The van der Waals surface area contributed by atoms with Crippen molar-refractivity contribution in [2.75, 3.05) is 26.7 Å². The van der Waals surface area contributed by atoms with E-state index in [0.717, 1.165) is 21.8 Å². The van der Waals surface area contributed by atoms with Gasteiger partial charge in [-0.1, -0.05) is 37.3 Å². The topological polar surface area (TPSA) is 89.9 Å². The Morgan fingerprint density at radius 2 is 1.88 bits per heavy atom. The number of nitrogens with zero attached hydrogens (tertiary/aromatic N) is 2. The third kappa shape index (κ3) is 3.58. The summed E-state index contributed by atoms with van der Waals surface area (Å²) in [5, 5.41) is 24.1. The highest BCUT2D eigenvalue weighted by Crippen LogP contribution is 2.47. The molecule has 0 aromatic heterocycles. The molecule has 1 amide bonds. The van der Waals surface area contributed by atoms with Crippen molar-refractivity contribution in [3.05, 3.63) is 53.2 Å². The van der Waals surface area contributed by atoms with Gasteiger partial charge in [-0.2, -0.15) is 0 Å². The highest BCUT2D eigenvalue weighted by molar-refractivity contribution is 5.99. The first-order valence-corrected chi connectivity index (χ1v) is 12.1. The van der Waals surface area contributed by atoms with E-state index < -0.39 is 18.0 Å². The molecule has 0 aliphatic carbocycles. The third-order valence-electron chi connectivity index (χ3n) is 8.06. The van der Waals surface area contributed by atoms with Crippen LogP contribution < -0.4 is 9.84 Å². The van der Waals surface area contributed by atoms with Gasteiger partial charge in [-0.25, -0.2) is 0 Å². The molecule has 3 aliphatic heterocycles. The van der Waals surface area contributed by atoms with Gasteiger partial charge in [0.15, 0.2) is 0 Å². The summed E-state index contributed by atoms with van der Waals surface area (Å²) in [7, 11) is 2.31. The van der Waals surface area contributed by atoms with E-state index in [-0.39, 0.29) is 30.2 Å². The normalized spacial score (nSPS) is 26.5. The first-order chi connectivity index (χ1) is 16.2. The number of fused-ring (bicyclic) bond motifs is 2. The molecule has 180 valence electrons. The lowest BCUT2D eigenvalue weighted by atomic mass is 9.78. The molecule has 1 N–H and O–H groups in total. The number of quaternary nitrogens is 1. The SMILES string of the molecule is C[C@@H](O)[C@H]1C(=O)N2C(C(=O)[O-])=C(COc3cccc4c(C[N+]5(C)CCCC5)cccc34)[C@H](C)[C@H]12. The van der Waals surface area contributed by atoms with Gasteiger partial charge in [-0.15, -0.1) is 0 Å². The van der Waals surface area contributed by atoms with Crippen molar-refractivity contribution in [1.29, 1.82) is 0 Å². The summed E-state index contributed by atoms with van der Waals surface area (Å²) in [6.07, 6.45) is 1.69. The predicted molar refractivity (Wildman–Crippen MR) is 125 cm³/mol. The average Bonchev–Trinajstić information content (AvgIpc) is 3.31. The molecular weight excluding hydrogens is 432 g/mol. The fraction of sp³-hybridized carbons (Fsp3) is 0.481. The molecule has 4 atom stereocenters. The maximum Gasteiger partial charge on any atom is 0.235 e. The molecule has 0 bridgehead atoms. The van der Waals surface area contributed by atoms with Gasteiger partial charge < -0.3 is 29.1 Å². The Morgan fingerprint density at radius 1 is 1.21 bits per heavy atom. The van der Waals surface area contributed by atoms with Crippen LogP contribution in [0.5, 0.6) is 5.75 Å². The summed E-state index contributed by atoms with van der Waals surface area (Å²) in [6.45, 7) is 6.85. The van der Waals surface area contributed by atoms with Gasteiger partial charge in [0.05, 0.1) is 49.9 Å². The minimum absolute atomic E-state index is 0.0500. The number of likely N-dealkylation sites (tertiary alicyclic amines) is 1. The van der Waals surface area contributed by atoms with Crippen molar-refractivity contribution >= 4 is 22.6 Å². The zero-order chi connectivity index (χ0) is 24.2. The zero-order valence-corrected chi connectivity index (χ0v) is 20.0. The van der Waals surface area contributed by atoms with Crippen molar-refractivity contribution < 1.29 is 29.0 Å². The molecule has 3 heterocycles. The number of hydrogen-bond acceptors (Lipinski definition) is 5. The number of aliphatic hydroxyl groups excluding tert-OH is 1. The van der Waals surface area contributed by atoms with Gasteiger partial charge in [-0.05, 0) is 23.9 Å². The molecule has 2 aromatic rings. The minimum Gasteiger partial charge on any atom is -0.543 e. The number of carboxylic acids is 1. The van der Waals surface area contributed by atoms with Crippen LogP contribution in [0.3, 0.4) is 0 Å². The van der Waals surface area contributed by atoms with Gasteiger partial charge in [-0.3, -0.25) is 4.79 Å². The van der Waals surface area contributed by atoms with E-state index in [1.54, 1.807) is 6.92 Å². The number of ether oxygens (including phenoxy) is 1. The maximum atomic E-state index is 12.5. The monoisotopic (exact) mass is 464 g/mol. The Hall–Kier alpha value is -2.90. The van der Waals surface area contributed by atoms with E-state index in [1.165, 1.54) is 36.4 Å². The number of rotatable bonds is 7. The molecule has 0 radical (unpaired) electrons. The summed E-state index contributed by atoms with van der Waals surface area (Å²) < 4.78 is 7.25. The lowest BCUT2D eigenvalue weighted by Gasteiger charge is -2.47. The molecule has 0 unspecified atom stereocenters. The van der Waals surface area contributed by atoms with Crippen molar-refractivity contribution in [3.8, 4) is 5.75 Å². The zero-order valence-electron chi connectivity index (χ0n) is 20.0. The number of aliphatic carboxylic acids is 1. The third-order valence-corrected chi connectivity index (χ3v) is 8.06. The molecule has 2 fully saturated rings. The van der Waals surface area contributed by atoms with E-state index in [0.29, 0.717) is 11.3 Å². The fourth-order valence-corrected chi connectivity index (χ4v) is 6.26. The minimum atomic E-state index is -1.38. The summed E-state index contributed by atoms with van der Waals surface area (Å²) in [5.41, 5.74) is 1.71. The second-order valence-electron chi connectivity index (χ2n) is 10.4. The second kappa shape index (κ2) is 8.40. The van der Waals surface area contributed by atoms with Crippen molar-refractivity contribution in [3.63, 3.8) is 0 Å². The van der Waals surface area contributed by atoms with E-state index in [9.17, 15) is 19.8 Å². The Balaban J connectivity index is 1.43. The van der Waals surface area contributed by atoms with Crippen LogP contribution in [-0.4, -0.2) is 65.3 Å². The summed E-state index contributed by atoms with van der Waals surface area (Å²) >= 11 is 0. The predicted octanol–water partition coefficient (Wildman–Crippen LogP) is 1.82. The highest BCUT2D eigenvalue weighted by Gasteiger charge is 2.58. The Bertz CT molecular complexity index is 1180. The maximum absolute atomic E-state index is 12.5. The fourth-order valence-electron chi connectivity index (χ4n) is 6.26. The molecule has 5 rings (SSSR count). The Labute approximate surface area is 199 Å². The summed E-state index contributed by atoms with van der Waals surface area (Å²) in [6, 6.07) is 11.9. The Kier molecular flexibility index (Phi) is 5.65. The Morgan fingerprint density at radius 3 is 2.56 bits per heavy atom. The van der Waals surface area contributed by atoms with Gasteiger partial charge in [0.2, 0.25) is 5.91 Å². The van der Waals surface area contributed by atoms with Crippen LogP contribution in [0.4, 0.5) is 0 Å². The van der Waals surface area contributed by atoms with Gasteiger partial charge in [0, 0.05) is 29.7 Å². The largest absolute Gasteiger partial charge is 0.543 e. The lowest BCUT2D eigenvalue weighted by Crippen LogP contribution is -2.64. The standard InChI is InChI=1S/C27H32N2O5/c1-16-21(25(27(32)33)28-24(16)23(17(2)30)26(28)31)15-34-22-11-7-9-19-18(8-6-10-20(19)22)14-29(3)12-4-5-13-29/h6-11,16-17,23-24,30H,4-5,12-15H2,1-3H3/t16-,17+,23+,24+/m0/s1. The van der Waals surface area contributed by atoms with E-state index >= 15 is 0 Å². The number of hydrogen-bond donors (Lipinski definition) is 1. The molecule has 0 saturated carbocycles. The molecular formula is C27H32N2O5. The van der Waals surface area contributed by atoms with Crippen molar-refractivity contribution in [2.24, 2.45) is 11.8 Å². The van der Waals surface area contributed by atoms with Crippen LogP contribution >= 0.6 is 0 Å². The van der Waals surface area contributed by atoms with Gasteiger partial charge in [0.1, 0.15) is 18.9 Å². The molecule has 0 spiro atoms. The van der Waals surface area contributed by atoms with Crippen LogP contribution in [0.1, 0.15) is 32.3 Å². The highest BCUT2D eigenvalue weighted by atomic mass is 16.5. The number of aliphatic hydroxyl groups is 1. The number of β-lactam (4-membered cyclic amide) rings is 1. The summed E-state index contributed by atoms with van der Waals surface area (Å²) in [4.78, 5) is 25.8. The number of carbonyl (C=O) groups excluding carboxylic acids is 2. The molecule has 2 aromatic carbocycles. The molecule has 34 heavy (non-hydrogen) atoms. The van der Waals surface area contributed by atoms with Crippen LogP contribution in [-0.2, 0) is 16.1 Å². The van der Waals surface area contributed by atoms with Crippen molar-refractivity contribution in [2.45, 2.75) is 45.4 Å². The summed E-state index contributed by atoms with van der Waals surface area (Å²) in [5.74, 6) is -1.90. The lowest BCUT2D eigenvalue weighted by molar-refractivity contribution is -0.910. The average molecular weight is 465 g/mol. The van der Waals surface area contributed by atoms with Crippen LogP contribution in [0.15, 0.2) is 47.7 Å². The molecule has 3 aliphatic rings. The molecule has 2 saturated heterocycles. The van der Waals surface area contributed by atoms with Crippen LogP contribution in [0.25, 0.3) is 10.8 Å². The molecule has 7 heteroatoms. The van der Waals surface area contributed by atoms with Crippen molar-refractivity contribution in [1.82, 2.24) is 4.90 Å². The first kappa shape index (κ1) is 22.9. The first-order valence-electron chi connectivity index (χ1n) is 12.1. The van der Waals surface area contributed by atoms with Gasteiger partial charge >= 0.3 is 0 Å². The van der Waals surface area contributed by atoms with Crippen LogP contribution in [0, 0.1) is 11.8 Å². The quantitative estimate of drug-likeness (QED) is 0.499. The van der Waals surface area contributed by atoms with E-state index in [1.807, 2.05) is 25.1 Å². The second-order valence-corrected chi connectivity index (χ2v) is 10.4. The number of carboxylic acid groups (broad SMARTS) is 1. The van der Waals surface area contributed by atoms with Crippen LogP contribution in [0.2, 0.25) is 0 Å². The number of carbonyl (C=O) groups is 2.